The molecule has 0 radical (unpaired) electrons. The molecule has 128 valence electrons. The summed E-state index contributed by atoms with van der Waals surface area (Å²) >= 11 is 0. The third kappa shape index (κ3) is 4.76. The van der Waals surface area contributed by atoms with E-state index < -0.39 is 11.9 Å². The van der Waals surface area contributed by atoms with Crippen molar-refractivity contribution in [2.75, 3.05) is 0 Å². The van der Waals surface area contributed by atoms with Gasteiger partial charge in [-0.1, -0.05) is 26.8 Å². The molecule has 1 heterocycles. The Labute approximate surface area is 141 Å². The molecule has 5 nitrogen and oxygen atoms in total. The van der Waals surface area contributed by atoms with Crippen LogP contribution in [-0.2, 0) is 11.3 Å². The van der Waals surface area contributed by atoms with Gasteiger partial charge in [-0.2, -0.15) is 0 Å². The zero-order valence-electron chi connectivity index (χ0n) is 14.0. The SMILES string of the molecule is CC(C)(C)[C@H](N)C(=O)NCc1ccc(Oc2cccnc2)c(F)c1. The van der Waals surface area contributed by atoms with Crippen molar-refractivity contribution in [3.8, 4) is 11.5 Å². The van der Waals surface area contributed by atoms with Crippen LogP contribution in [0.25, 0.3) is 0 Å². The first kappa shape index (κ1) is 17.9. The summed E-state index contributed by atoms with van der Waals surface area (Å²) in [7, 11) is 0. The van der Waals surface area contributed by atoms with E-state index in [1.54, 1.807) is 24.4 Å². The van der Waals surface area contributed by atoms with Crippen molar-refractivity contribution in [1.82, 2.24) is 10.3 Å². The van der Waals surface area contributed by atoms with E-state index in [0.29, 0.717) is 11.3 Å². The number of ether oxygens (including phenoxy) is 1. The smallest absolute Gasteiger partial charge is 0.237 e. The monoisotopic (exact) mass is 331 g/mol. The molecule has 1 amide bonds. The van der Waals surface area contributed by atoms with Crippen molar-refractivity contribution < 1.29 is 13.9 Å². The predicted octanol–water partition coefficient (Wildman–Crippen LogP) is 3.00. The van der Waals surface area contributed by atoms with E-state index >= 15 is 0 Å². The third-order valence-electron chi connectivity index (χ3n) is 3.54. The molecule has 1 aromatic heterocycles. The number of aromatic nitrogens is 1. The zero-order valence-corrected chi connectivity index (χ0v) is 14.0. The molecule has 0 unspecified atom stereocenters. The molecule has 3 N–H and O–H groups in total. The zero-order chi connectivity index (χ0) is 17.7. The van der Waals surface area contributed by atoms with Crippen LogP contribution in [0.3, 0.4) is 0 Å². The van der Waals surface area contributed by atoms with Crippen LogP contribution < -0.4 is 15.8 Å². The minimum absolute atomic E-state index is 0.101. The summed E-state index contributed by atoms with van der Waals surface area (Å²) in [4.78, 5) is 15.9. The molecule has 1 aromatic carbocycles. The number of hydrogen-bond donors (Lipinski definition) is 2. The van der Waals surface area contributed by atoms with Gasteiger partial charge in [-0.05, 0) is 35.2 Å². The maximum absolute atomic E-state index is 14.1. The van der Waals surface area contributed by atoms with Crippen LogP contribution in [0.15, 0.2) is 42.7 Å². The summed E-state index contributed by atoms with van der Waals surface area (Å²) in [5.74, 6) is -0.220. The molecule has 2 rings (SSSR count). The largest absolute Gasteiger partial charge is 0.453 e. The van der Waals surface area contributed by atoms with E-state index in [1.807, 2.05) is 20.8 Å². The Bertz CT molecular complexity index is 699. The van der Waals surface area contributed by atoms with E-state index in [1.165, 1.54) is 18.3 Å². The number of nitrogens with zero attached hydrogens (tertiary/aromatic N) is 1. The normalized spacial score (nSPS) is 12.5. The molecule has 2 aromatic rings. The molecule has 0 bridgehead atoms. The topological polar surface area (TPSA) is 77.2 Å². The summed E-state index contributed by atoms with van der Waals surface area (Å²) in [5.41, 5.74) is 6.18. The average molecular weight is 331 g/mol. The molecule has 0 fully saturated rings. The molecule has 0 aliphatic heterocycles. The highest BCUT2D eigenvalue weighted by Gasteiger charge is 2.27. The van der Waals surface area contributed by atoms with Gasteiger partial charge in [0.15, 0.2) is 11.6 Å². The number of rotatable bonds is 5. The maximum Gasteiger partial charge on any atom is 0.237 e. The second-order valence-electron chi connectivity index (χ2n) is 6.62. The average Bonchev–Trinajstić information content (AvgIpc) is 2.54. The number of benzene rings is 1. The second kappa shape index (κ2) is 7.40. The van der Waals surface area contributed by atoms with Gasteiger partial charge in [0.1, 0.15) is 5.75 Å². The minimum atomic E-state index is -0.629. The standard InChI is InChI=1S/C18H22FN3O2/c1-18(2,3)16(20)17(23)22-10-12-6-7-15(14(19)9-12)24-13-5-4-8-21-11-13/h4-9,11,16H,10,20H2,1-3H3,(H,22,23)/t16-/m1/s1. The summed E-state index contributed by atoms with van der Waals surface area (Å²) in [6.07, 6.45) is 3.11. The summed E-state index contributed by atoms with van der Waals surface area (Å²) < 4.78 is 19.6. The number of carbonyl (C=O) groups is 1. The second-order valence-corrected chi connectivity index (χ2v) is 6.62. The Morgan fingerprint density at radius 2 is 2.12 bits per heavy atom. The van der Waals surface area contributed by atoms with E-state index in [4.69, 9.17) is 10.5 Å². The maximum atomic E-state index is 14.1. The van der Waals surface area contributed by atoms with Crippen LogP contribution in [0.5, 0.6) is 11.5 Å². The van der Waals surface area contributed by atoms with Crippen LogP contribution >= 0.6 is 0 Å². The van der Waals surface area contributed by atoms with Crippen molar-refractivity contribution in [2.24, 2.45) is 11.1 Å². The van der Waals surface area contributed by atoms with Gasteiger partial charge >= 0.3 is 0 Å². The van der Waals surface area contributed by atoms with Crippen LogP contribution in [0.1, 0.15) is 26.3 Å². The highest BCUT2D eigenvalue weighted by Crippen LogP contribution is 2.24. The number of pyridine rings is 1. The van der Waals surface area contributed by atoms with Gasteiger partial charge in [-0.3, -0.25) is 9.78 Å². The van der Waals surface area contributed by atoms with Gasteiger partial charge in [0.05, 0.1) is 12.2 Å². The molecule has 6 heteroatoms. The minimum Gasteiger partial charge on any atom is -0.453 e. The molecular formula is C18H22FN3O2. The molecule has 0 aliphatic rings. The molecule has 1 atom stereocenters. The Morgan fingerprint density at radius 3 is 2.71 bits per heavy atom. The molecule has 0 spiro atoms. The van der Waals surface area contributed by atoms with Crippen molar-refractivity contribution >= 4 is 5.91 Å². The lowest BCUT2D eigenvalue weighted by Gasteiger charge is -2.25. The molecule has 0 saturated heterocycles. The Kier molecular flexibility index (Phi) is 5.51. The molecule has 24 heavy (non-hydrogen) atoms. The first-order valence-electron chi connectivity index (χ1n) is 7.67. The van der Waals surface area contributed by atoms with Crippen molar-refractivity contribution in [1.29, 1.82) is 0 Å². The predicted molar refractivity (Wildman–Crippen MR) is 90.0 cm³/mol. The molecule has 0 aliphatic carbocycles. The fourth-order valence-corrected chi connectivity index (χ4v) is 1.96. The van der Waals surface area contributed by atoms with Crippen LogP contribution in [0.2, 0.25) is 0 Å². The van der Waals surface area contributed by atoms with E-state index in [-0.39, 0.29) is 23.6 Å². The van der Waals surface area contributed by atoms with Crippen molar-refractivity contribution in [3.63, 3.8) is 0 Å². The van der Waals surface area contributed by atoms with Crippen LogP contribution in [0, 0.1) is 11.2 Å². The van der Waals surface area contributed by atoms with Gasteiger partial charge in [0.2, 0.25) is 5.91 Å². The number of nitrogens with one attached hydrogen (secondary N) is 1. The van der Waals surface area contributed by atoms with Crippen molar-refractivity contribution in [2.45, 2.75) is 33.4 Å². The van der Waals surface area contributed by atoms with E-state index in [0.717, 1.165) is 0 Å². The molecular weight excluding hydrogens is 309 g/mol. The lowest BCUT2D eigenvalue weighted by molar-refractivity contribution is -0.124. The van der Waals surface area contributed by atoms with Gasteiger partial charge in [0.25, 0.3) is 0 Å². The number of amides is 1. The third-order valence-corrected chi connectivity index (χ3v) is 3.54. The van der Waals surface area contributed by atoms with Crippen molar-refractivity contribution in [3.05, 3.63) is 54.1 Å². The van der Waals surface area contributed by atoms with Gasteiger partial charge < -0.3 is 15.8 Å². The number of nitrogens with two attached hydrogens (primary N) is 1. The first-order valence-corrected chi connectivity index (χ1v) is 7.67. The highest BCUT2D eigenvalue weighted by molar-refractivity contribution is 5.82. The lowest BCUT2D eigenvalue weighted by Crippen LogP contribution is -2.48. The van der Waals surface area contributed by atoms with Gasteiger partial charge in [0, 0.05) is 12.7 Å². The molecule has 0 saturated carbocycles. The number of halogens is 1. The number of hydrogen-bond acceptors (Lipinski definition) is 4. The van der Waals surface area contributed by atoms with Gasteiger partial charge in [-0.15, -0.1) is 0 Å². The van der Waals surface area contributed by atoms with Crippen LogP contribution in [0.4, 0.5) is 4.39 Å². The summed E-state index contributed by atoms with van der Waals surface area (Å²) in [6.45, 7) is 5.87. The quantitative estimate of drug-likeness (QED) is 0.883. The highest BCUT2D eigenvalue weighted by atomic mass is 19.1. The Hall–Kier alpha value is -2.47. The van der Waals surface area contributed by atoms with Gasteiger partial charge in [-0.25, -0.2) is 4.39 Å². The summed E-state index contributed by atoms with van der Waals surface area (Å²) in [5, 5.41) is 2.72. The van der Waals surface area contributed by atoms with E-state index in [2.05, 4.69) is 10.3 Å². The number of carbonyl (C=O) groups excluding carboxylic acids is 1. The van der Waals surface area contributed by atoms with E-state index in [9.17, 15) is 9.18 Å². The Balaban J connectivity index is 1.98. The fourth-order valence-electron chi connectivity index (χ4n) is 1.96. The first-order chi connectivity index (χ1) is 11.3. The Morgan fingerprint density at radius 1 is 1.38 bits per heavy atom. The van der Waals surface area contributed by atoms with Crippen LogP contribution in [-0.4, -0.2) is 16.9 Å². The fraction of sp³-hybridized carbons (Fsp3) is 0.333. The summed E-state index contributed by atoms with van der Waals surface area (Å²) in [6, 6.07) is 7.31. The lowest BCUT2D eigenvalue weighted by atomic mass is 9.87.